The molecule has 4 heteroatoms. The summed E-state index contributed by atoms with van der Waals surface area (Å²) in [5.41, 5.74) is 0.982. The Morgan fingerprint density at radius 1 is 1.17 bits per heavy atom. The number of benzene rings is 1. The molecule has 94 valence electrons. The summed E-state index contributed by atoms with van der Waals surface area (Å²) in [4.78, 5) is 8.75. The van der Waals surface area contributed by atoms with Crippen molar-refractivity contribution < 1.29 is 4.74 Å². The maximum Gasteiger partial charge on any atom is 0.161 e. The van der Waals surface area contributed by atoms with Gasteiger partial charge in [-0.05, 0) is 36.8 Å². The first-order valence-corrected chi connectivity index (χ1v) is 6.05. The molecule has 18 heavy (non-hydrogen) atoms. The standard InChI is InChI=1S/C14H17N3O/c1-3-9-15-13-8-10-16-14(17-13)11-4-6-12(18-2)7-5-11/h4-8,10H,3,9H2,1-2H3,(H,15,16,17). The van der Waals surface area contributed by atoms with Crippen LogP contribution in [0.1, 0.15) is 13.3 Å². The van der Waals surface area contributed by atoms with Gasteiger partial charge >= 0.3 is 0 Å². The highest BCUT2D eigenvalue weighted by Gasteiger charge is 2.02. The van der Waals surface area contributed by atoms with Crippen LogP contribution in [0, 0.1) is 0 Å². The summed E-state index contributed by atoms with van der Waals surface area (Å²) in [5.74, 6) is 2.41. The molecule has 0 bridgehead atoms. The van der Waals surface area contributed by atoms with E-state index in [2.05, 4.69) is 22.2 Å². The van der Waals surface area contributed by atoms with Crippen LogP contribution in [-0.2, 0) is 0 Å². The second-order valence-electron chi connectivity index (χ2n) is 3.92. The van der Waals surface area contributed by atoms with E-state index < -0.39 is 0 Å². The summed E-state index contributed by atoms with van der Waals surface area (Å²) in [6.07, 6.45) is 2.84. The number of nitrogens with one attached hydrogen (secondary N) is 1. The predicted molar refractivity (Wildman–Crippen MR) is 72.8 cm³/mol. The Kier molecular flexibility index (Phi) is 4.12. The van der Waals surface area contributed by atoms with Crippen LogP contribution in [0.15, 0.2) is 36.5 Å². The summed E-state index contributed by atoms with van der Waals surface area (Å²) >= 11 is 0. The summed E-state index contributed by atoms with van der Waals surface area (Å²) in [6, 6.07) is 9.61. The molecule has 0 aliphatic rings. The number of ether oxygens (including phenoxy) is 1. The van der Waals surface area contributed by atoms with E-state index in [1.165, 1.54) is 0 Å². The zero-order chi connectivity index (χ0) is 12.8. The van der Waals surface area contributed by atoms with E-state index >= 15 is 0 Å². The van der Waals surface area contributed by atoms with Gasteiger partial charge in [-0.25, -0.2) is 9.97 Å². The Hall–Kier alpha value is -2.10. The molecule has 0 saturated carbocycles. The first-order valence-electron chi connectivity index (χ1n) is 6.05. The Labute approximate surface area is 107 Å². The lowest BCUT2D eigenvalue weighted by molar-refractivity contribution is 0.415. The lowest BCUT2D eigenvalue weighted by atomic mass is 10.2. The summed E-state index contributed by atoms with van der Waals surface area (Å²) in [7, 11) is 1.65. The number of nitrogens with zero attached hydrogens (tertiary/aromatic N) is 2. The number of methoxy groups -OCH3 is 1. The monoisotopic (exact) mass is 243 g/mol. The fourth-order valence-corrected chi connectivity index (χ4v) is 1.59. The molecule has 0 amide bonds. The highest BCUT2D eigenvalue weighted by Crippen LogP contribution is 2.19. The molecule has 0 radical (unpaired) electrons. The third kappa shape index (κ3) is 2.97. The van der Waals surface area contributed by atoms with Gasteiger partial charge in [-0.1, -0.05) is 6.92 Å². The fourth-order valence-electron chi connectivity index (χ4n) is 1.59. The van der Waals surface area contributed by atoms with Gasteiger partial charge in [-0.3, -0.25) is 0 Å². The van der Waals surface area contributed by atoms with Crippen LogP contribution in [0.2, 0.25) is 0 Å². The first-order chi connectivity index (χ1) is 8.83. The molecular formula is C14H17N3O. The van der Waals surface area contributed by atoms with E-state index in [-0.39, 0.29) is 0 Å². The van der Waals surface area contributed by atoms with Crippen molar-refractivity contribution in [3.05, 3.63) is 36.5 Å². The quantitative estimate of drug-likeness (QED) is 0.877. The molecular weight excluding hydrogens is 226 g/mol. The molecule has 0 saturated heterocycles. The van der Waals surface area contributed by atoms with Crippen molar-refractivity contribution in [1.82, 2.24) is 9.97 Å². The van der Waals surface area contributed by atoms with Gasteiger partial charge in [0.15, 0.2) is 5.82 Å². The molecule has 1 aromatic heterocycles. The molecule has 1 N–H and O–H groups in total. The number of anilines is 1. The third-order valence-electron chi connectivity index (χ3n) is 2.56. The van der Waals surface area contributed by atoms with Crippen LogP contribution in [0.3, 0.4) is 0 Å². The van der Waals surface area contributed by atoms with E-state index in [0.717, 1.165) is 35.9 Å². The lowest BCUT2D eigenvalue weighted by Gasteiger charge is -2.06. The average Bonchev–Trinajstić information content (AvgIpc) is 2.45. The molecule has 0 unspecified atom stereocenters. The molecule has 0 aliphatic heterocycles. The number of hydrogen-bond donors (Lipinski definition) is 1. The van der Waals surface area contributed by atoms with Crippen LogP contribution in [0.25, 0.3) is 11.4 Å². The van der Waals surface area contributed by atoms with Gasteiger partial charge in [0.2, 0.25) is 0 Å². The van der Waals surface area contributed by atoms with E-state index in [9.17, 15) is 0 Å². The highest BCUT2D eigenvalue weighted by atomic mass is 16.5. The topological polar surface area (TPSA) is 47.0 Å². The van der Waals surface area contributed by atoms with Crippen LogP contribution in [0.5, 0.6) is 5.75 Å². The number of rotatable bonds is 5. The minimum Gasteiger partial charge on any atom is -0.497 e. The van der Waals surface area contributed by atoms with Crippen molar-refractivity contribution in [3.63, 3.8) is 0 Å². The molecule has 2 rings (SSSR count). The Morgan fingerprint density at radius 3 is 2.61 bits per heavy atom. The molecule has 1 heterocycles. The maximum atomic E-state index is 5.13. The van der Waals surface area contributed by atoms with Gasteiger partial charge in [-0.15, -0.1) is 0 Å². The molecule has 0 atom stereocenters. The van der Waals surface area contributed by atoms with E-state index in [1.807, 2.05) is 30.3 Å². The maximum absolute atomic E-state index is 5.13. The van der Waals surface area contributed by atoms with Gasteiger partial charge in [0, 0.05) is 18.3 Å². The van der Waals surface area contributed by atoms with Crippen molar-refractivity contribution in [2.24, 2.45) is 0 Å². The van der Waals surface area contributed by atoms with Gasteiger partial charge in [0.25, 0.3) is 0 Å². The first kappa shape index (κ1) is 12.4. The van der Waals surface area contributed by atoms with Crippen LogP contribution < -0.4 is 10.1 Å². The van der Waals surface area contributed by atoms with Crippen LogP contribution >= 0.6 is 0 Å². The average molecular weight is 243 g/mol. The second kappa shape index (κ2) is 6.00. The van der Waals surface area contributed by atoms with Crippen molar-refractivity contribution >= 4 is 5.82 Å². The predicted octanol–water partition coefficient (Wildman–Crippen LogP) is 2.97. The summed E-state index contributed by atoms with van der Waals surface area (Å²) < 4.78 is 5.13. The third-order valence-corrected chi connectivity index (χ3v) is 2.56. The van der Waals surface area contributed by atoms with Gasteiger partial charge in [0.1, 0.15) is 11.6 Å². The molecule has 0 aliphatic carbocycles. The number of aromatic nitrogens is 2. The second-order valence-corrected chi connectivity index (χ2v) is 3.92. The zero-order valence-corrected chi connectivity index (χ0v) is 10.7. The van der Waals surface area contributed by atoms with Crippen LogP contribution in [0.4, 0.5) is 5.82 Å². The van der Waals surface area contributed by atoms with Crippen LogP contribution in [-0.4, -0.2) is 23.6 Å². The minimum atomic E-state index is 0.721. The molecule has 0 spiro atoms. The van der Waals surface area contributed by atoms with E-state index in [0.29, 0.717) is 0 Å². The lowest BCUT2D eigenvalue weighted by Crippen LogP contribution is -2.02. The molecule has 2 aromatic rings. The largest absolute Gasteiger partial charge is 0.497 e. The summed E-state index contributed by atoms with van der Waals surface area (Å²) in [5, 5.41) is 3.25. The minimum absolute atomic E-state index is 0.721. The summed E-state index contributed by atoms with van der Waals surface area (Å²) in [6.45, 7) is 3.04. The molecule has 1 aromatic carbocycles. The van der Waals surface area contributed by atoms with Crippen molar-refractivity contribution in [3.8, 4) is 17.1 Å². The van der Waals surface area contributed by atoms with Crippen molar-refractivity contribution in [2.75, 3.05) is 19.0 Å². The molecule has 4 nitrogen and oxygen atoms in total. The van der Waals surface area contributed by atoms with Crippen molar-refractivity contribution in [2.45, 2.75) is 13.3 Å². The van der Waals surface area contributed by atoms with E-state index in [4.69, 9.17) is 4.74 Å². The SMILES string of the molecule is CCCNc1ccnc(-c2ccc(OC)cc2)n1. The van der Waals surface area contributed by atoms with Gasteiger partial charge in [0.05, 0.1) is 7.11 Å². The zero-order valence-electron chi connectivity index (χ0n) is 10.7. The smallest absolute Gasteiger partial charge is 0.161 e. The highest BCUT2D eigenvalue weighted by molar-refractivity contribution is 5.57. The molecule has 0 fully saturated rings. The fraction of sp³-hybridized carbons (Fsp3) is 0.286. The van der Waals surface area contributed by atoms with Gasteiger partial charge < -0.3 is 10.1 Å². The Bertz CT molecular complexity index is 497. The Morgan fingerprint density at radius 2 is 1.94 bits per heavy atom. The van der Waals surface area contributed by atoms with E-state index in [1.54, 1.807) is 13.3 Å². The van der Waals surface area contributed by atoms with Crippen molar-refractivity contribution in [1.29, 1.82) is 0 Å². The Balaban J connectivity index is 2.20. The number of hydrogen-bond acceptors (Lipinski definition) is 4. The normalized spacial score (nSPS) is 10.1. The van der Waals surface area contributed by atoms with Gasteiger partial charge in [-0.2, -0.15) is 0 Å².